The molecule has 2 rings (SSSR count). The van der Waals surface area contributed by atoms with Crippen LogP contribution in [0.25, 0.3) is 11.1 Å². The quantitative estimate of drug-likeness (QED) is 0.927. The number of rotatable bonds is 4. The van der Waals surface area contributed by atoms with E-state index in [9.17, 15) is 13.2 Å². The van der Waals surface area contributed by atoms with Crippen LogP contribution in [-0.2, 0) is 6.54 Å². The summed E-state index contributed by atoms with van der Waals surface area (Å²) in [5.74, 6) is 0.392. The maximum absolute atomic E-state index is 12.5. The SMILES string of the molecule is COc1c(C)cc(-c2ccccc2OC(F)(F)F)cc1CN. The zero-order valence-corrected chi connectivity index (χ0v) is 12.2. The second-order valence-electron chi connectivity index (χ2n) is 4.73. The van der Waals surface area contributed by atoms with Crippen molar-refractivity contribution < 1.29 is 22.6 Å². The largest absolute Gasteiger partial charge is 0.573 e. The van der Waals surface area contributed by atoms with Crippen LogP contribution in [-0.4, -0.2) is 13.5 Å². The molecule has 0 aliphatic heterocycles. The number of hydrogen-bond acceptors (Lipinski definition) is 3. The highest BCUT2D eigenvalue weighted by Gasteiger charge is 2.32. The second-order valence-corrected chi connectivity index (χ2v) is 4.73. The fourth-order valence-electron chi connectivity index (χ4n) is 2.36. The molecule has 2 aromatic carbocycles. The smallest absolute Gasteiger partial charge is 0.496 e. The molecule has 2 aromatic rings. The lowest BCUT2D eigenvalue weighted by molar-refractivity contribution is -0.274. The van der Waals surface area contributed by atoms with Crippen LogP contribution in [0.15, 0.2) is 36.4 Å². The summed E-state index contributed by atoms with van der Waals surface area (Å²) < 4.78 is 46.9. The summed E-state index contributed by atoms with van der Waals surface area (Å²) in [6, 6.07) is 9.46. The van der Waals surface area contributed by atoms with Crippen LogP contribution < -0.4 is 15.2 Å². The number of benzene rings is 2. The summed E-state index contributed by atoms with van der Waals surface area (Å²) in [7, 11) is 1.53. The van der Waals surface area contributed by atoms with Crippen molar-refractivity contribution in [2.75, 3.05) is 7.11 Å². The van der Waals surface area contributed by atoms with E-state index in [0.717, 1.165) is 11.1 Å². The predicted octanol–water partition coefficient (Wildman–Crippen LogP) is 4.03. The lowest BCUT2D eigenvalue weighted by atomic mass is 9.98. The molecule has 0 unspecified atom stereocenters. The highest BCUT2D eigenvalue weighted by atomic mass is 19.4. The van der Waals surface area contributed by atoms with Gasteiger partial charge in [-0.2, -0.15) is 0 Å². The molecule has 0 aromatic heterocycles. The number of alkyl halides is 3. The Morgan fingerprint density at radius 1 is 1.14 bits per heavy atom. The Balaban J connectivity index is 2.55. The second kappa shape index (κ2) is 6.27. The molecule has 0 bridgehead atoms. The average Bonchev–Trinajstić information content (AvgIpc) is 2.45. The summed E-state index contributed by atoms with van der Waals surface area (Å²) >= 11 is 0. The van der Waals surface area contributed by atoms with Gasteiger partial charge in [-0.25, -0.2) is 0 Å². The molecular weight excluding hydrogens is 295 g/mol. The van der Waals surface area contributed by atoms with E-state index >= 15 is 0 Å². The van der Waals surface area contributed by atoms with Gasteiger partial charge in [-0.15, -0.1) is 13.2 Å². The van der Waals surface area contributed by atoms with Crippen molar-refractivity contribution in [3.8, 4) is 22.6 Å². The summed E-state index contributed by atoms with van der Waals surface area (Å²) in [5, 5.41) is 0. The van der Waals surface area contributed by atoms with Crippen molar-refractivity contribution in [1.29, 1.82) is 0 Å². The van der Waals surface area contributed by atoms with Gasteiger partial charge < -0.3 is 15.2 Å². The van der Waals surface area contributed by atoms with Crippen molar-refractivity contribution in [3.63, 3.8) is 0 Å². The molecule has 2 N–H and O–H groups in total. The minimum Gasteiger partial charge on any atom is -0.496 e. The number of hydrogen-bond donors (Lipinski definition) is 1. The van der Waals surface area contributed by atoms with Gasteiger partial charge in [0.2, 0.25) is 0 Å². The van der Waals surface area contributed by atoms with E-state index in [4.69, 9.17) is 10.5 Å². The zero-order valence-electron chi connectivity index (χ0n) is 12.2. The van der Waals surface area contributed by atoms with Crippen LogP contribution >= 0.6 is 0 Å². The summed E-state index contributed by atoms with van der Waals surface area (Å²) in [5.41, 5.74) is 8.15. The van der Waals surface area contributed by atoms with Crippen LogP contribution in [0.5, 0.6) is 11.5 Å². The minimum atomic E-state index is -4.74. The van der Waals surface area contributed by atoms with Gasteiger partial charge in [-0.1, -0.05) is 18.2 Å². The number of halogens is 3. The van der Waals surface area contributed by atoms with E-state index in [1.54, 1.807) is 24.3 Å². The van der Waals surface area contributed by atoms with Gasteiger partial charge in [0.1, 0.15) is 11.5 Å². The first-order valence-corrected chi connectivity index (χ1v) is 6.58. The van der Waals surface area contributed by atoms with Crippen molar-refractivity contribution in [3.05, 3.63) is 47.5 Å². The first-order valence-electron chi connectivity index (χ1n) is 6.58. The van der Waals surface area contributed by atoms with E-state index in [0.29, 0.717) is 16.9 Å². The zero-order chi connectivity index (χ0) is 16.3. The first kappa shape index (κ1) is 16.2. The molecule has 0 heterocycles. The maximum Gasteiger partial charge on any atom is 0.573 e. The molecule has 22 heavy (non-hydrogen) atoms. The van der Waals surface area contributed by atoms with Crippen LogP contribution in [0.3, 0.4) is 0 Å². The Labute approximate surface area is 126 Å². The lowest BCUT2D eigenvalue weighted by Crippen LogP contribution is -2.17. The third-order valence-corrected chi connectivity index (χ3v) is 3.20. The predicted molar refractivity (Wildman–Crippen MR) is 77.7 cm³/mol. The molecule has 0 aliphatic rings. The van der Waals surface area contributed by atoms with E-state index in [2.05, 4.69) is 4.74 Å². The first-order chi connectivity index (χ1) is 10.4. The Kier molecular flexibility index (Phi) is 4.61. The molecule has 6 heteroatoms. The number of para-hydroxylation sites is 1. The Morgan fingerprint density at radius 2 is 1.82 bits per heavy atom. The van der Waals surface area contributed by atoms with E-state index < -0.39 is 6.36 Å². The van der Waals surface area contributed by atoms with Crippen LogP contribution in [0.1, 0.15) is 11.1 Å². The average molecular weight is 311 g/mol. The van der Waals surface area contributed by atoms with Gasteiger partial charge in [-0.3, -0.25) is 0 Å². The summed E-state index contributed by atoms with van der Waals surface area (Å²) in [6.07, 6.45) is -4.74. The molecule has 0 aliphatic carbocycles. The third-order valence-electron chi connectivity index (χ3n) is 3.20. The number of ether oxygens (including phenoxy) is 2. The number of methoxy groups -OCH3 is 1. The highest BCUT2D eigenvalue weighted by molar-refractivity contribution is 5.73. The van der Waals surface area contributed by atoms with Crippen LogP contribution in [0.2, 0.25) is 0 Å². The molecule has 0 saturated carbocycles. The normalized spacial score (nSPS) is 11.4. The molecule has 0 spiro atoms. The molecule has 0 saturated heterocycles. The molecule has 3 nitrogen and oxygen atoms in total. The molecular formula is C16H16F3NO2. The third kappa shape index (κ3) is 3.51. The Bertz CT molecular complexity index is 669. The monoisotopic (exact) mass is 311 g/mol. The van der Waals surface area contributed by atoms with E-state index in [1.807, 2.05) is 6.92 Å². The van der Waals surface area contributed by atoms with Crippen molar-refractivity contribution >= 4 is 0 Å². The van der Waals surface area contributed by atoms with Crippen LogP contribution in [0.4, 0.5) is 13.2 Å². The molecule has 0 fully saturated rings. The van der Waals surface area contributed by atoms with Crippen molar-refractivity contribution in [2.24, 2.45) is 5.73 Å². The summed E-state index contributed by atoms with van der Waals surface area (Å²) in [4.78, 5) is 0. The molecule has 0 amide bonds. The topological polar surface area (TPSA) is 44.5 Å². The summed E-state index contributed by atoms with van der Waals surface area (Å²) in [6.45, 7) is 2.04. The molecule has 118 valence electrons. The van der Waals surface area contributed by atoms with Gasteiger partial charge in [0, 0.05) is 17.7 Å². The number of nitrogens with two attached hydrogens (primary N) is 1. The van der Waals surface area contributed by atoms with Crippen molar-refractivity contribution in [2.45, 2.75) is 19.8 Å². The fraction of sp³-hybridized carbons (Fsp3) is 0.250. The Morgan fingerprint density at radius 3 is 2.41 bits per heavy atom. The van der Waals surface area contributed by atoms with Gasteiger partial charge in [0.25, 0.3) is 0 Å². The maximum atomic E-state index is 12.5. The molecule has 0 radical (unpaired) electrons. The fourth-order valence-corrected chi connectivity index (χ4v) is 2.36. The van der Waals surface area contributed by atoms with E-state index in [-0.39, 0.29) is 12.3 Å². The lowest BCUT2D eigenvalue weighted by Gasteiger charge is -2.16. The van der Waals surface area contributed by atoms with Gasteiger partial charge >= 0.3 is 6.36 Å². The minimum absolute atomic E-state index is 0.222. The van der Waals surface area contributed by atoms with E-state index in [1.165, 1.54) is 19.2 Å². The van der Waals surface area contributed by atoms with Gasteiger partial charge in [0.05, 0.1) is 7.11 Å². The van der Waals surface area contributed by atoms with Gasteiger partial charge in [-0.05, 0) is 36.2 Å². The van der Waals surface area contributed by atoms with Crippen LogP contribution in [0, 0.1) is 6.92 Å². The molecule has 0 atom stereocenters. The standard InChI is InChI=1S/C16H16F3NO2/c1-10-7-11(8-12(9-20)15(10)21-2)13-5-3-4-6-14(13)22-16(17,18)19/h3-8H,9,20H2,1-2H3. The van der Waals surface area contributed by atoms with Crippen molar-refractivity contribution in [1.82, 2.24) is 0 Å². The Hall–Kier alpha value is -2.21. The number of aryl methyl sites for hydroxylation is 1. The van der Waals surface area contributed by atoms with Gasteiger partial charge in [0.15, 0.2) is 0 Å². The highest BCUT2D eigenvalue weighted by Crippen LogP contribution is 2.37.